The molecule has 0 radical (unpaired) electrons. The molecule has 2 rings (SSSR count). The van der Waals surface area contributed by atoms with Crippen LogP contribution in [0.4, 0.5) is 13.6 Å². The molecule has 1 aromatic rings. The summed E-state index contributed by atoms with van der Waals surface area (Å²) in [5.41, 5.74) is -0.671. The van der Waals surface area contributed by atoms with E-state index in [-0.39, 0.29) is 18.2 Å². The molecule has 0 saturated carbocycles. The van der Waals surface area contributed by atoms with Crippen LogP contribution in [0.1, 0.15) is 31.1 Å². The molecule has 0 aromatic heterocycles. The number of hydrogen-bond donors (Lipinski definition) is 0. The third-order valence-corrected chi connectivity index (χ3v) is 3.62. The van der Waals surface area contributed by atoms with E-state index in [2.05, 4.69) is 0 Å². The van der Waals surface area contributed by atoms with Gasteiger partial charge in [-0.05, 0) is 32.9 Å². The predicted molar refractivity (Wildman–Crippen MR) is 84.9 cm³/mol. The quantitative estimate of drug-likeness (QED) is 0.794. The maximum Gasteiger partial charge on any atom is 0.410 e. The summed E-state index contributed by atoms with van der Waals surface area (Å²) in [5.74, 6) is -1.97. The Morgan fingerprint density at radius 2 is 1.75 bits per heavy atom. The smallest absolute Gasteiger partial charge is 0.410 e. The summed E-state index contributed by atoms with van der Waals surface area (Å²) < 4.78 is 31.8. The molecule has 0 spiro atoms. The van der Waals surface area contributed by atoms with Crippen molar-refractivity contribution in [3.63, 3.8) is 0 Å². The third-order valence-electron chi connectivity index (χ3n) is 3.62. The molecule has 0 unspecified atom stereocenters. The molecule has 1 saturated heterocycles. The fraction of sp³-hybridized carbons (Fsp3) is 0.529. The van der Waals surface area contributed by atoms with Crippen LogP contribution in [0.25, 0.3) is 0 Å². The summed E-state index contributed by atoms with van der Waals surface area (Å²) in [7, 11) is 0. The molecule has 5 nitrogen and oxygen atoms in total. The molecule has 1 aliphatic rings. The van der Waals surface area contributed by atoms with Gasteiger partial charge in [0.05, 0.1) is 12.1 Å². The van der Waals surface area contributed by atoms with E-state index in [4.69, 9.17) is 4.74 Å². The number of halogens is 2. The van der Waals surface area contributed by atoms with Crippen LogP contribution in [0, 0.1) is 11.6 Å². The van der Waals surface area contributed by atoms with Gasteiger partial charge < -0.3 is 9.64 Å². The van der Waals surface area contributed by atoms with Gasteiger partial charge in [0, 0.05) is 32.2 Å². The number of rotatable bonds is 3. The first-order valence-electron chi connectivity index (χ1n) is 7.84. The minimum Gasteiger partial charge on any atom is -0.444 e. The molecule has 1 fully saturated rings. The van der Waals surface area contributed by atoms with Gasteiger partial charge >= 0.3 is 6.09 Å². The largest absolute Gasteiger partial charge is 0.444 e. The molecule has 1 aromatic carbocycles. The van der Waals surface area contributed by atoms with Crippen molar-refractivity contribution in [1.82, 2.24) is 9.80 Å². The standard InChI is InChI=1S/C17H22F2N2O3/c1-17(2,3)24-16(23)21-8-6-20(7-9-21)11-15(22)13-5-4-12(18)10-14(13)19/h4-5,10H,6-9,11H2,1-3H3. The SMILES string of the molecule is CC(C)(C)OC(=O)N1CCN(CC(=O)c2ccc(F)cc2F)CC1. The lowest BCUT2D eigenvalue weighted by atomic mass is 10.1. The van der Waals surface area contributed by atoms with Gasteiger partial charge in [-0.15, -0.1) is 0 Å². The summed E-state index contributed by atoms with van der Waals surface area (Å²) in [6, 6.07) is 2.92. The van der Waals surface area contributed by atoms with Gasteiger partial charge in [-0.2, -0.15) is 0 Å². The highest BCUT2D eigenvalue weighted by Crippen LogP contribution is 2.14. The van der Waals surface area contributed by atoms with Gasteiger partial charge in [-0.3, -0.25) is 9.69 Å². The highest BCUT2D eigenvalue weighted by molar-refractivity contribution is 5.97. The van der Waals surface area contributed by atoms with Gasteiger partial charge in [-0.25, -0.2) is 13.6 Å². The Bertz CT molecular complexity index is 621. The number of benzene rings is 1. The van der Waals surface area contributed by atoms with Crippen molar-refractivity contribution in [3.8, 4) is 0 Å². The Morgan fingerprint density at radius 1 is 1.12 bits per heavy atom. The van der Waals surface area contributed by atoms with Crippen LogP contribution in [-0.4, -0.2) is 60.0 Å². The van der Waals surface area contributed by atoms with E-state index in [1.807, 2.05) is 4.90 Å². The molecule has 0 atom stereocenters. The van der Waals surface area contributed by atoms with E-state index in [1.54, 1.807) is 25.7 Å². The number of hydrogen-bond acceptors (Lipinski definition) is 4. The van der Waals surface area contributed by atoms with Crippen LogP contribution >= 0.6 is 0 Å². The lowest BCUT2D eigenvalue weighted by molar-refractivity contribution is 0.0149. The van der Waals surface area contributed by atoms with E-state index >= 15 is 0 Å². The third kappa shape index (κ3) is 4.99. The molecule has 1 amide bonds. The van der Waals surface area contributed by atoms with Gasteiger partial charge in [0.25, 0.3) is 0 Å². The van der Waals surface area contributed by atoms with Gasteiger partial charge in [-0.1, -0.05) is 0 Å². The Morgan fingerprint density at radius 3 is 2.29 bits per heavy atom. The average Bonchev–Trinajstić information content (AvgIpc) is 2.45. The number of Topliss-reactive ketones (excluding diaryl/α,β-unsaturated/α-hetero) is 1. The second kappa shape index (κ2) is 7.25. The van der Waals surface area contributed by atoms with Crippen molar-refractivity contribution in [2.75, 3.05) is 32.7 Å². The van der Waals surface area contributed by atoms with Crippen LogP contribution in [0.2, 0.25) is 0 Å². The summed E-state index contributed by atoms with van der Waals surface area (Å²) in [6.45, 7) is 7.31. The minimum absolute atomic E-state index is 0.0325. The Balaban J connectivity index is 1.86. The first kappa shape index (κ1) is 18.3. The zero-order valence-electron chi connectivity index (χ0n) is 14.1. The van der Waals surface area contributed by atoms with E-state index in [1.165, 1.54) is 0 Å². The van der Waals surface area contributed by atoms with Crippen LogP contribution in [0.15, 0.2) is 18.2 Å². The van der Waals surface area contributed by atoms with E-state index in [0.29, 0.717) is 32.2 Å². The molecule has 0 aliphatic carbocycles. The topological polar surface area (TPSA) is 49.9 Å². The van der Waals surface area contributed by atoms with Gasteiger partial charge in [0.15, 0.2) is 5.78 Å². The number of amides is 1. The number of ether oxygens (including phenoxy) is 1. The molecular weight excluding hydrogens is 318 g/mol. The van der Waals surface area contributed by atoms with Crippen LogP contribution in [0.5, 0.6) is 0 Å². The van der Waals surface area contributed by atoms with E-state index < -0.39 is 23.0 Å². The fourth-order valence-corrected chi connectivity index (χ4v) is 2.42. The van der Waals surface area contributed by atoms with Crippen molar-refractivity contribution in [3.05, 3.63) is 35.4 Å². The first-order valence-corrected chi connectivity index (χ1v) is 7.84. The number of ketones is 1. The van der Waals surface area contributed by atoms with Crippen molar-refractivity contribution in [2.24, 2.45) is 0 Å². The van der Waals surface area contributed by atoms with Crippen LogP contribution < -0.4 is 0 Å². The van der Waals surface area contributed by atoms with Crippen LogP contribution in [-0.2, 0) is 4.74 Å². The fourth-order valence-electron chi connectivity index (χ4n) is 2.42. The summed E-state index contributed by atoms with van der Waals surface area (Å²) in [4.78, 5) is 27.5. The van der Waals surface area contributed by atoms with Crippen molar-refractivity contribution >= 4 is 11.9 Å². The molecule has 24 heavy (non-hydrogen) atoms. The molecule has 7 heteroatoms. The van der Waals surface area contributed by atoms with E-state index in [9.17, 15) is 18.4 Å². The summed E-state index contributed by atoms with van der Waals surface area (Å²) in [5, 5.41) is 0. The summed E-state index contributed by atoms with van der Waals surface area (Å²) >= 11 is 0. The van der Waals surface area contributed by atoms with Gasteiger partial charge in [0.1, 0.15) is 17.2 Å². The molecule has 132 valence electrons. The zero-order valence-corrected chi connectivity index (χ0v) is 14.1. The van der Waals surface area contributed by atoms with Crippen molar-refractivity contribution in [1.29, 1.82) is 0 Å². The number of nitrogens with zero attached hydrogens (tertiary/aromatic N) is 2. The van der Waals surface area contributed by atoms with Gasteiger partial charge in [0.2, 0.25) is 0 Å². The number of carbonyl (C=O) groups excluding carboxylic acids is 2. The maximum atomic E-state index is 13.6. The predicted octanol–water partition coefficient (Wildman–Crippen LogP) is 2.70. The lowest BCUT2D eigenvalue weighted by Crippen LogP contribution is -2.51. The second-order valence-corrected chi connectivity index (χ2v) is 6.79. The molecular formula is C17H22F2N2O3. The normalized spacial score (nSPS) is 16.1. The first-order chi connectivity index (χ1) is 11.2. The van der Waals surface area contributed by atoms with E-state index in [0.717, 1.165) is 12.1 Å². The Hall–Kier alpha value is -2.02. The lowest BCUT2D eigenvalue weighted by Gasteiger charge is -2.35. The molecule has 1 aliphatic heterocycles. The molecule has 0 bridgehead atoms. The Kier molecular flexibility index (Phi) is 5.54. The average molecular weight is 340 g/mol. The monoisotopic (exact) mass is 340 g/mol. The highest BCUT2D eigenvalue weighted by Gasteiger charge is 2.27. The van der Waals surface area contributed by atoms with Crippen LogP contribution in [0.3, 0.4) is 0 Å². The van der Waals surface area contributed by atoms with Crippen molar-refractivity contribution in [2.45, 2.75) is 26.4 Å². The minimum atomic E-state index is -0.854. The highest BCUT2D eigenvalue weighted by atomic mass is 19.1. The number of carbonyl (C=O) groups is 2. The van der Waals surface area contributed by atoms with Crippen molar-refractivity contribution < 1.29 is 23.1 Å². The maximum absolute atomic E-state index is 13.6. The summed E-state index contributed by atoms with van der Waals surface area (Å²) in [6.07, 6.45) is -0.377. The second-order valence-electron chi connectivity index (χ2n) is 6.79. The zero-order chi connectivity index (χ0) is 17.9. The molecule has 1 heterocycles. The Labute approximate surface area is 140 Å². The number of piperazine rings is 1. The molecule has 0 N–H and O–H groups in total.